The Morgan fingerprint density at radius 3 is 1.83 bits per heavy atom. The standard InChI is InChI=1S/C29H26N2O4/c1-34-25-17-8-9-18-26(25)35-20-27(32)30-23-15-10-16-24(19-23)31-29(33)28(21-11-4-2-5-12-21)22-13-6-3-7-14-22/h2-19,28H,20H2,1H3,(H,30,32)(H,31,33). The number of carbonyl (C=O) groups is 2. The molecule has 6 nitrogen and oxygen atoms in total. The Balaban J connectivity index is 1.43. The van der Waals surface area contributed by atoms with Crippen molar-refractivity contribution in [1.29, 1.82) is 0 Å². The molecule has 0 aliphatic rings. The minimum atomic E-state index is -0.468. The number of benzene rings is 4. The van der Waals surface area contributed by atoms with Crippen LogP contribution in [0, 0.1) is 0 Å². The van der Waals surface area contributed by atoms with Gasteiger partial charge in [-0.1, -0.05) is 78.9 Å². The number of rotatable bonds is 9. The van der Waals surface area contributed by atoms with Gasteiger partial charge in [0.15, 0.2) is 18.1 Å². The van der Waals surface area contributed by atoms with Gasteiger partial charge < -0.3 is 20.1 Å². The van der Waals surface area contributed by atoms with Crippen LogP contribution < -0.4 is 20.1 Å². The molecule has 0 radical (unpaired) electrons. The average Bonchev–Trinajstić information content (AvgIpc) is 2.89. The molecule has 0 unspecified atom stereocenters. The van der Waals surface area contributed by atoms with Crippen LogP contribution in [-0.4, -0.2) is 25.5 Å². The molecule has 0 aromatic heterocycles. The monoisotopic (exact) mass is 466 g/mol. The average molecular weight is 467 g/mol. The number of ether oxygens (including phenoxy) is 2. The summed E-state index contributed by atoms with van der Waals surface area (Å²) >= 11 is 0. The van der Waals surface area contributed by atoms with E-state index >= 15 is 0 Å². The maximum atomic E-state index is 13.3. The first-order chi connectivity index (χ1) is 17.1. The van der Waals surface area contributed by atoms with Gasteiger partial charge in [0, 0.05) is 11.4 Å². The molecule has 0 aliphatic heterocycles. The molecule has 2 N–H and O–H groups in total. The van der Waals surface area contributed by atoms with Gasteiger partial charge in [0.25, 0.3) is 5.91 Å². The molecular formula is C29H26N2O4. The summed E-state index contributed by atoms with van der Waals surface area (Å²) in [6.07, 6.45) is 0. The molecule has 4 rings (SSSR count). The Bertz CT molecular complexity index is 1240. The smallest absolute Gasteiger partial charge is 0.262 e. The molecule has 0 aliphatic carbocycles. The van der Waals surface area contributed by atoms with E-state index in [9.17, 15) is 9.59 Å². The molecule has 35 heavy (non-hydrogen) atoms. The third-order valence-corrected chi connectivity index (χ3v) is 5.37. The van der Waals surface area contributed by atoms with Crippen molar-refractivity contribution in [3.05, 3.63) is 120 Å². The van der Waals surface area contributed by atoms with Crippen LogP contribution in [0.15, 0.2) is 109 Å². The fraction of sp³-hybridized carbons (Fsp3) is 0.103. The fourth-order valence-electron chi connectivity index (χ4n) is 3.75. The Kier molecular flexibility index (Phi) is 7.76. The van der Waals surface area contributed by atoms with E-state index in [0.717, 1.165) is 11.1 Å². The quantitative estimate of drug-likeness (QED) is 0.342. The molecule has 176 valence electrons. The Labute approximate surface area is 204 Å². The van der Waals surface area contributed by atoms with Crippen LogP contribution in [0.25, 0.3) is 0 Å². The molecule has 0 spiro atoms. The van der Waals surface area contributed by atoms with Crippen LogP contribution in [0.5, 0.6) is 11.5 Å². The first-order valence-electron chi connectivity index (χ1n) is 11.2. The lowest BCUT2D eigenvalue weighted by Crippen LogP contribution is -2.23. The van der Waals surface area contributed by atoms with Crippen LogP contribution in [0.1, 0.15) is 17.0 Å². The summed E-state index contributed by atoms with van der Waals surface area (Å²) in [4.78, 5) is 25.8. The normalized spacial score (nSPS) is 10.5. The summed E-state index contributed by atoms with van der Waals surface area (Å²) in [7, 11) is 1.54. The van der Waals surface area contributed by atoms with Crippen molar-refractivity contribution in [3.8, 4) is 11.5 Å². The van der Waals surface area contributed by atoms with Gasteiger partial charge in [0.1, 0.15) is 0 Å². The predicted octanol–water partition coefficient (Wildman–Crippen LogP) is 5.48. The van der Waals surface area contributed by atoms with Gasteiger partial charge >= 0.3 is 0 Å². The molecule has 0 heterocycles. The number of anilines is 2. The molecule has 0 atom stereocenters. The van der Waals surface area contributed by atoms with E-state index in [1.165, 1.54) is 0 Å². The second-order valence-corrected chi connectivity index (χ2v) is 7.81. The molecule has 0 bridgehead atoms. The van der Waals surface area contributed by atoms with E-state index in [1.807, 2.05) is 66.7 Å². The molecule has 4 aromatic carbocycles. The Hall–Kier alpha value is -4.58. The third-order valence-electron chi connectivity index (χ3n) is 5.37. The van der Waals surface area contributed by atoms with Gasteiger partial charge in [-0.3, -0.25) is 9.59 Å². The van der Waals surface area contributed by atoms with Crippen molar-refractivity contribution in [2.75, 3.05) is 24.4 Å². The summed E-state index contributed by atoms with van der Waals surface area (Å²) in [6, 6.07) is 33.4. The number of hydrogen-bond acceptors (Lipinski definition) is 4. The number of para-hydroxylation sites is 2. The summed E-state index contributed by atoms with van der Waals surface area (Å²) in [6.45, 7) is -0.180. The van der Waals surface area contributed by atoms with Crippen LogP contribution in [0.2, 0.25) is 0 Å². The number of carbonyl (C=O) groups excluding carboxylic acids is 2. The van der Waals surface area contributed by atoms with Crippen LogP contribution in [0.4, 0.5) is 11.4 Å². The molecule has 4 aromatic rings. The highest BCUT2D eigenvalue weighted by atomic mass is 16.5. The first kappa shape index (κ1) is 23.6. The van der Waals surface area contributed by atoms with Crippen molar-refractivity contribution >= 4 is 23.2 Å². The summed E-state index contributed by atoms with van der Waals surface area (Å²) in [5.74, 6) is 0.0801. The van der Waals surface area contributed by atoms with E-state index in [2.05, 4.69) is 10.6 Å². The Morgan fingerprint density at radius 1 is 0.686 bits per heavy atom. The lowest BCUT2D eigenvalue weighted by Gasteiger charge is -2.18. The topological polar surface area (TPSA) is 76.7 Å². The van der Waals surface area contributed by atoms with Crippen molar-refractivity contribution in [2.24, 2.45) is 0 Å². The largest absolute Gasteiger partial charge is 0.493 e. The zero-order valence-corrected chi connectivity index (χ0v) is 19.3. The van der Waals surface area contributed by atoms with Gasteiger partial charge in [-0.05, 0) is 41.5 Å². The minimum absolute atomic E-state index is 0.162. The highest BCUT2D eigenvalue weighted by Gasteiger charge is 2.22. The second-order valence-electron chi connectivity index (χ2n) is 7.81. The zero-order valence-electron chi connectivity index (χ0n) is 19.3. The van der Waals surface area contributed by atoms with E-state index in [-0.39, 0.29) is 18.4 Å². The number of amides is 2. The van der Waals surface area contributed by atoms with E-state index in [1.54, 1.807) is 49.6 Å². The van der Waals surface area contributed by atoms with Crippen LogP contribution >= 0.6 is 0 Å². The Morgan fingerprint density at radius 2 is 1.23 bits per heavy atom. The molecule has 2 amide bonds. The minimum Gasteiger partial charge on any atom is -0.493 e. The van der Waals surface area contributed by atoms with E-state index in [0.29, 0.717) is 22.9 Å². The lowest BCUT2D eigenvalue weighted by molar-refractivity contribution is -0.118. The highest BCUT2D eigenvalue weighted by Crippen LogP contribution is 2.27. The third kappa shape index (κ3) is 6.26. The van der Waals surface area contributed by atoms with Crippen molar-refractivity contribution < 1.29 is 19.1 Å². The van der Waals surface area contributed by atoms with E-state index < -0.39 is 5.92 Å². The van der Waals surface area contributed by atoms with Crippen LogP contribution in [0.3, 0.4) is 0 Å². The van der Waals surface area contributed by atoms with Crippen LogP contribution in [-0.2, 0) is 9.59 Å². The van der Waals surface area contributed by atoms with Gasteiger partial charge in [-0.25, -0.2) is 0 Å². The first-order valence-corrected chi connectivity index (χ1v) is 11.2. The maximum absolute atomic E-state index is 13.3. The predicted molar refractivity (Wildman–Crippen MR) is 137 cm³/mol. The van der Waals surface area contributed by atoms with Crippen molar-refractivity contribution in [2.45, 2.75) is 5.92 Å². The number of nitrogens with one attached hydrogen (secondary N) is 2. The molecule has 6 heteroatoms. The SMILES string of the molecule is COc1ccccc1OCC(=O)Nc1cccc(NC(=O)C(c2ccccc2)c2ccccc2)c1. The zero-order chi connectivity index (χ0) is 24.5. The van der Waals surface area contributed by atoms with Gasteiger partial charge in [-0.15, -0.1) is 0 Å². The molecular weight excluding hydrogens is 440 g/mol. The van der Waals surface area contributed by atoms with Gasteiger partial charge in [0.2, 0.25) is 5.91 Å². The second kappa shape index (κ2) is 11.5. The van der Waals surface area contributed by atoms with Crippen molar-refractivity contribution in [1.82, 2.24) is 0 Å². The number of hydrogen-bond donors (Lipinski definition) is 2. The van der Waals surface area contributed by atoms with E-state index in [4.69, 9.17) is 9.47 Å². The highest BCUT2D eigenvalue weighted by molar-refractivity contribution is 5.99. The summed E-state index contributed by atoms with van der Waals surface area (Å²) in [5.41, 5.74) is 2.92. The molecule has 0 saturated carbocycles. The summed E-state index contributed by atoms with van der Waals surface area (Å²) < 4.78 is 10.8. The number of methoxy groups -OCH3 is 1. The van der Waals surface area contributed by atoms with Gasteiger partial charge in [0.05, 0.1) is 13.0 Å². The van der Waals surface area contributed by atoms with Crippen molar-refractivity contribution in [3.63, 3.8) is 0 Å². The fourth-order valence-corrected chi connectivity index (χ4v) is 3.75. The summed E-state index contributed by atoms with van der Waals surface area (Å²) in [5, 5.41) is 5.79. The molecule has 0 fully saturated rings. The maximum Gasteiger partial charge on any atom is 0.262 e. The molecule has 0 saturated heterocycles. The lowest BCUT2D eigenvalue weighted by atomic mass is 9.90. The van der Waals surface area contributed by atoms with Gasteiger partial charge in [-0.2, -0.15) is 0 Å².